The molecule has 96 valence electrons. The van der Waals surface area contributed by atoms with Crippen molar-refractivity contribution in [1.29, 1.82) is 0 Å². The molecule has 0 amide bonds. The van der Waals surface area contributed by atoms with Crippen LogP contribution in [0.25, 0.3) is 0 Å². The lowest BCUT2D eigenvalue weighted by Crippen LogP contribution is -1.98. The fraction of sp³-hybridized carbons (Fsp3) is 0.250. The Morgan fingerprint density at radius 2 is 2.17 bits per heavy atom. The molecule has 4 nitrogen and oxygen atoms in total. The largest absolute Gasteiger partial charge is 0.397 e. The zero-order valence-corrected chi connectivity index (χ0v) is 10.9. The number of rotatable bonds is 3. The summed E-state index contributed by atoms with van der Waals surface area (Å²) < 4.78 is 14.9. The van der Waals surface area contributed by atoms with Crippen LogP contribution >= 0.6 is 11.6 Å². The van der Waals surface area contributed by atoms with Gasteiger partial charge in [0.25, 0.3) is 0 Å². The Hall–Kier alpha value is -1.75. The average Bonchev–Trinajstić information content (AvgIpc) is 2.66. The van der Waals surface area contributed by atoms with E-state index in [1.54, 1.807) is 4.68 Å². The van der Waals surface area contributed by atoms with Crippen molar-refractivity contribution in [3.8, 4) is 0 Å². The van der Waals surface area contributed by atoms with Crippen LogP contribution < -0.4 is 11.1 Å². The molecule has 18 heavy (non-hydrogen) atoms. The zero-order chi connectivity index (χ0) is 13.3. The number of halogens is 2. The van der Waals surface area contributed by atoms with Crippen LogP contribution in [0.3, 0.4) is 0 Å². The van der Waals surface area contributed by atoms with Crippen LogP contribution in [0.1, 0.15) is 12.6 Å². The molecule has 0 fully saturated rings. The summed E-state index contributed by atoms with van der Waals surface area (Å²) in [5.41, 5.74) is 8.39. The third-order valence-electron chi connectivity index (χ3n) is 2.60. The van der Waals surface area contributed by atoms with Gasteiger partial charge in [0.05, 0.1) is 27.8 Å². The van der Waals surface area contributed by atoms with Gasteiger partial charge in [-0.1, -0.05) is 18.5 Å². The minimum absolute atomic E-state index is 0.0358. The molecule has 0 aliphatic carbocycles. The molecule has 0 bridgehead atoms. The smallest absolute Gasteiger partial charge is 0.143 e. The summed E-state index contributed by atoms with van der Waals surface area (Å²) in [6.07, 6.45) is 2.63. The maximum Gasteiger partial charge on any atom is 0.143 e. The highest BCUT2D eigenvalue weighted by molar-refractivity contribution is 6.31. The fourth-order valence-corrected chi connectivity index (χ4v) is 1.88. The average molecular weight is 269 g/mol. The van der Waals surface area contributed by atoms with E-state index >= 15 is 0 Å². The van der Waals surface area contributed by atoms with Crippen LogP contribution in [0, 0.1) is 5.82 Å². The first-order valence-corrected chi connectivity index (χ1v) is 5.93. The number of nitrogen functional groups attached to an aromatic ring is 1. The first-order chi connectivity index (χ1) is 8.51. The van der Waals surface area contributed by atoms with Crippen LogP contribution in [-0.4, -0.2) is 9.78 Å². The quantitative estimate of drug-likeness (QED) is 0.841. The summed E-state index contributed by atoms with van der Waals surface area (Å²) in [5, 5.41) is 7.46. The van der Waals surface area contributed by atoms with E-state index in [-0.39, 0.29) is 5.02 Å². The highest BCUT2D eigenvalue weighted by Gasteiger charge is 2.10. The number of aryl methyl sites for hydroxylation is 2. The molecule has 0 unspecified atom stereocenters. The second-order valence-corrected chi connectivity index (χ2v) is 4.40. The maximum atomic E-state index is 13.2. The molecule has 0 saturated heterocycles. The normalized spacial score (nSPS) is 10.7. The molecule has 2 rings (SSSR count). The van der Waals surface area contributed by atoms with Crippen LogP contribution in [0.4, 0.5) is 21.5 Å². The number of nitrogens with one attached hydrogen (secondary N) is 1. The van der Waals surface area contributed by atoms with Crippen LogP contribution in [0.15, 0.2) is 18.3 Å². The van der Waals surface area contributed by atoms with Gasteiger partial charge in [-0.15, -0.1) is 0 Å². The molecule has 3 N–H and O–H groups in total. The van der Waals surface area contributed by atoms with Gasteiger partial charge in [0.15, 0.2) is 0 Å². The molecule has 1 aromatic carbocycles. The number of nitrogens with two attached hydrogens (primary N) is 1. The van der Waals surface area contributed by atoms with Crippen molar-refractivity contribution in [2.24, 2.45) is 7.05 Å². The number of nitrogens with zero attached hydrogens (tertiary/aromatic N) is 2. The predicted molar refractivity (Wildman–Crippen MR) is 71.7 cm³/mol. The van der Waals surface area contributed by atoms with Crippen molar-refractivity contribution in [3.63, 3.8) is 0 Å². The lowest BCUT2D eigenvalue weighted by molar-refractivity contribution is 0.629. The molecule has 0 aliphatic heterocycles. The van der Waals surface area contributed by atoms with E-state index in [0.29, 0.717) is 11.4 Å². The van der Waals surface area contributed by atoms with Crippen LogP contribution in [-0.2, 0) is 13.5 Å². The lowest BCUT2D eigenvalue weighted by Gasteiger charge is -2.09. The summed E-state index contributed by atoms with van der Waals surface area (Å²) in [7, 11) is 1.84. The Bertz CT molecular complexity index is 580. The van der Waals surface area contributed by atoms with Crippen LogP contribution in [0.5, 0.6) is 0 Å². The summed E-state index contributed by atoms with van der Waals surface area (Å²) in [6, 6.07) is 2.67. The molecule has 0 spiro atoms. The van der Waals surface area contributed by atoms with Crippen molar-refractivity contribution in [1.82, 2.24) is 9.78 Å². The minimum Gasteiger partial charge on any atom is -0.397 e. The predicted octanol–water partition coefficient (Wildman–Crippen LogP) is 3.10. The zero-order valence-electron chi connectivity index (χ0n) is 10.2. The van der Waals surface area contributed by atoms with Crippen molar-refractivity contribution < 1.29 is 4.39 Å². The van der Waals surface area contributed by atoms with E-state index in [1.165, 1.54) is 12.1 Å². The molecule has 0 aliphatic rings. The van der Waals surface area contributed by atoms with Gasteiger partial charge in [-0.3, -0.25) is 4.68 Å². The van der Waals surface area contributed by atoms with Crippen LogP contribution in [0.2, 0.25) is 5.02 Å². The Balaban J connectivity index is 2.36. The number of anilines is 3. The van der Waals surface area contributed by atoms with E-state index in [9.17, 15) is 4.39 Å². The monoisotopic (exact) mass is 268 g/mol. The molecule has 6 heteroatoms. The first kappa shape index (κ1) is 12.7. The third kappa shape index (κ3) is 2.41. The molecule has 0 radical (unpaired) electrons. The third-order valence-corrected chi connectivity index (χ3v) is 2.89. The summed E-state index contributed by atoms with van der Waals surface area (Å²) in [4.78, 5) is 0. The van der Waals surface area contributed by atoms with Gasteiger partial charge in [0.2, 0.25) is 0 Å². The summed E-state index contributed by atoms with van der Waals surface area (Å²) >= 11 is 5.74. The number of hydrogen-bond acceptors (Lipinski definition) is 3. The van der Waals surface area contributed by atoms with Gasteiger partial charge in [0, 0.05) is 19.3 Å². The Morgan fingerprint density at radius 3 is 2.83 bits per heavy atom. The molecule has 2 aromatic rings. The highest BCUT2D eigenvalue weighted by Crippen LogP contribution is 2.29. The van der Waals surface area contributed by atoms with Gasteiger partial charge < -0.3 is 11.1 Å². The second kappa shape index (κ2) is 4.86. The topological polar surface area (TPSA) is 55.9 Å². The summed E-state index contributed by atoms with van der Waals surface area (Å²) in [6.45, 7) is 2.01. The minimum atomic E-state index is -0.526. The maximum absolute atomic E-state index is 13.2. The number of benzene rings is 1. The standard InChI is InChI=1S/C12H14ClFN4/c1-3-10-12(6-18(2)17-10)16-11-4-7(13)8(14)5-9(11)15/h4-6,16H,3,15H2,1-2H3. The van der Waals surface area contributed by atoms with E-state index in [1.807, 2.05) is 20.2 Å². The first-order valence-electron chi connectivity index (χ1n) is 5.55. The van der Waals surface area contributed by atoms with Gasteiger partial charge in [-0.25, -0.2) is 4.39 Å². The van der Waals surface area contributed by atoms with E-state index < -0.39 is 5.82 Å². The van der Waals surface area contributed by atoms with Crippen molar-refractivity contribution in [3.05, 3.63) is 34.9 Å². The second-order valence-electron chi connectivity index (χ2n) is 4.00. The number of aromatic nitrogens is 2. The molecular weight excluding hydrogens is 255 g/mol. The van der Waals surface area contributed by atoms with E-state index in [4.69, 9.17) is 17.3 Å². The fourth-order valence-electron chi connectivity index (χ4n) is 1.72. The summed E-state index contributed by atoms with van der Waals surface area (Å²) in [5.74, 6) is -0.526. The lowest BCUT2D eigenvalue weighted by atomic mass is 10.2. The van der Waals surface area contributed by atoms with E-state index in [0.717, 1.165) is 17.8 Å². The molecular formula is C12H14ClFN4. The van der Waals surface area contributed by atoms with Crippen molar-refractivity contribution in [2.45, 2.75) is 13.3 Å². The van der Waals surface area contributed by atoms with Gasteiger partial charge >= 0.3 is 0 Å². The number of hydrogen-bond donors (Lipinski definition) is 2. The SMILES string of the molecule is CCc1nn(C)cc1Nc1cc(Cl)c(F)cc1N. The van der Waals surface area contributed by atoms with Gasteiger partial charge in [0.1, 0.15) is 5.82 Å². The molecule has 0 saturated carbocycles. The van der Waals surface area contributed by atoms with Gasteiger partial charge in [-0.2, -0.15) is 5.10 Å². The highest BCUT2D eigenvalue weighted by atomic mass is 35.5. The molecule has 1 heterocycles. The Morgan fingerprint density at radius 1 is 1.44 bits per heavy atom. The van der Waals surface area contributed by atoms with Crippen molar-refractivity contribution >= 4 is 28.7 Å². The van der Waals surface area contributed by atoms with E-state index in [2.05, 4.69) is 10.4 Å². The molecule has 1 aromatic heterocycles. The molecule has 0 atom stereocenters. The Kier molecular flexibility index (Phi) is 3.43. The van der Waals surface area contributed by atoms with Gasteiger partial charge in [-0.05, 0) is 12.5 Å². The Labute approximate surface area is 110 Å². The van der Waals surface area contributed by atoms with Crippen molar-refractivity contribution in [2.75, 3.05) is 11.1 Å².